The Morgan fingerprint density at radius 3 is 2.19 bits per heavy atom. The number of hydrogen-bond acceptors (Lipinski definition) is 4. The number of nitrogens with zero attached hydrogens (tertiary/aromatic N) is 2. The van der Waals surface area contributed by atoms with E-state index in [4.69, 9.17) is 16.3 Å². The van der Waals surface area contributed by atoms with Crippen LogP contribution in [-0.2, 0) is 23.0 Å². The second-order valence-corrected chi connectivity index (χ2v) is 9.03. The van der Waals surface area contributed by atoms with Gasteiger partial charge in [0.1, 0.15) is 17.8 Å². The molecular formula is C28H24ClN3O4. The lowest BCUT2D eigenvalue weighted by molar-refractivity contribution is -0.139. The number of aliphatic carboxylic acids is 1. The van der Waals surface area contributed by atoms with Crippen molar-refractivity contribution in [2.75, 3.05) is 6.61 Å². The SMILES string of the molecule is Cn1nc(-c2ccccc2)c(CC(NC(=O)OCC2c3ccccc3-c3ccccc32)C(=O)O)c1Cl. The summed E-state index contributed by atoms with van der Waals surface area (Å²) >= 11 is 6.46. The third kappa shape index (κ3) is 4.45. The van der Waals surface area contributed by atoms with Gasteiger partial charge in [-0.15, -0.1) is 0 Å². The summed E-state index contributed by atoms with van der Waals surface area (Å²) in [6, 6.07) is 24.1. The smallest absolute Gasteiger partial charge is 0.407 e. The van der Waals surface area contributed by atoms with Gasteiger partial charge < -0.3 is 15.2 Å². The first-order chi connectivity index (χ1) is 17.4. The lowest BCUT2D eigenvalue weighted by atomic mass is 9.98. The van der Waals surface area contributed by atoms with Crippen molar-refractivity contribution >= 4 is 23.7 Å². The summed E-state index contributed by atoms with van der Waals surface area (Å²) in [5.74, 6) is -1.31. The summed E-state index contributed by atoms with van der Waals surface area (Å²) in [4.78, 5) is 24.8. The number of carbonyl (C=O) groups excluding carboxylic acids is 1. The second-order valence-electron chi connectivity index (χ2n) is 8.67. The van der Waals surface area contributed by atoms with Crippen molar-refractivity contribution < 1.29 is 19.4 Å². The maximum absolute atomic E-state index is 12.7. The van der Waals surface area contributed by atoms with E-state index in [2.05, 4.69) is 22.5 Å². The van der Waals surface area contributed by atoms with Crippen LogP contribution in [-0.4, -0.2) is 39.6 Å². The Morgan fingerprint density at radius 2 is 1.58 bits per heavy atom. The first-order valence-electron chi connectivity index (χ1n) is 11.5. The zero-order valence-corrected chi connectivity index (χ0v) is 20.3. The summed E-state index contributed by atoms with van der Waals surface area (Å²) in [5, 5.41) is 17.1. The van der Waals surface area contributed by atoms with Crippen molar-refractivity contribution in [2.45, 2.75) is 18.4 Å². The van der Waals surface area contributed by atoms with Crippen molar-refractivity contribution in [3.63, 3.8) is 0 Å². The van der Waals surface area contributed by atoms with E-state index < -0.39 is 18.1 Å². The van der Waals surface area contributed by atoms with E-state index in [9.17, 15) is 14.7 Å². The van der Waals surface area contributed by atoms with E-state index in [0.717, 1.165) is 27.8 Å². The summed E-state index contributed by atoms with van der Waals surface area (Å²) < 4.78 is 7.03. The van der Waals surface area contributed by atoms with E-state index in [1.807, 2.05) is 66.7 Å². The summed E-state index contributed by atoms with van der Waals surface area (Å²) in [6.07, 6.45) is -0.846. The van der Waals surface area contributed by atoms with Crippen molar-refractivity contribution in [3.05, 3.63) is 101 Å². The molecule has 7 nitrogen and oxygen atoms in total. The maximum atomic E-state index is 12.7. The number of alkyl carbamates (subject to hydrolysis) is 1. The number of hydrogen-bond donors (Lipinski definition) is 2. The topological polar surface area (TPSA) is 93.5 Å². The molecule has 1 aliphatic carbocycles. The van der Waals surface area contributed by atoms with Gasteiger partial charge in [-0.2, -0.15) is 5.10 Å². The molecule has 0 saturated carbocycles. The zero-order chi connectivity index (χ0) is 25.2. The largest absolute Gasteiger partial charge is 0.480 e. The molecule has 0 bridgehead atoms. The van der Waals surface area contributed by atoms with Gasteiger partial charge in [-0.25, -0.2) is 9.59 Å². The fourth-order valence-corrected chi connectivity index (χ4v) is 4.95. The van der Waals surface area contributed by atoms with E-state index >= 15 is 0 Å². The minimum atomic E-state index is -1.25. The van der Waals surface area contributed by atoms with Gasteiger partial charge in [-0.1, -0.05) is 90.5 Å². The van der Waals surface area contributed by atoms with Gasteiger partial charge in [0.05, 0.1) is 5.69 Å². The number of amides is 1. The van der Waals surface area contributed by atoms with E-state index in [1.54, 1.807) is 7.05 Å². The van der Waals surface area contributed by atoms with Crippen LogP contribution in [0.3, 0.4) is 0 Å². The highest BCUT2D eigenvalue weighted by molar-refractivity contribution is 6.30. The van der Waals surface area contributed by atoms with Gasteiger partial charge in [0, 0.05) is 30.5 Å². The van der Waals surface area contributed by atoms with E-state index in [1.165, 1.54) is 4.68 Å². The van der Waals surface area contributed by atoms with E-state index in [-0.39, 0.29) is 18.9 Å². The molecule has 0 aliphatic heterocycles. The fourth-order valence-electron chi connectivity index (χ4n) is 4.74. The summed E-state index contributed by atoms with van der Waals surface area (Å²) in [7, 11) is 1.69. The van der Waals surface area contributed by atoms with Gasteiger partial charge in [-0.3, -0.25) is 4.68 Å². The molecule has 1 unspecified atom stereocenters. The first-order valence-corrected chi connectivity index (χ1v) is 11.9. The van der Waals surface area contributed by atoms with Crippen LogP contribution in [0.2, 0.25) is 5.15 Å². The first kappa shape index (κ1) is 23.6. The minimum absolute atomic E-state index is 0.0452. The highest BCUT2D eigenvalue weighted by Crippen LogP contribution is 2.44. The number of halogens is 1. The Morgan fingerprint density at radius 1 is 1.00 bits per heavy atom. The van der Waals surface area contributed by atoms with Crippen LogP contribution in [0.4, 0.5) is 4.79 Å². The molecule has 182 valence electrons. The average Bonchev–Trinajstić information content (AvgIpc) is 3.36. The summed E-state index contributed by atoms with van der Waals surface area (Å²) in [5.41, 5.74) is 6.31. The van der Waals surface area contributed by atoms with Crippen LogP contribution in [0.5, 0.6) is 0 Å². The molecule has 1 heterocycles. The highest BCUT2D eigenvalue weighted by Gasteiger charge is 2.30. The molecule has 3 aromatic carbocycles. The van der Waals surface area contributed by atoms with Crippen molar-refractivity contribution in [1.29, 1.82) is 0 Å². The molecule has 4 aromatic rings. The van der Waals surface area contributed by atoms with Gasteiger partial charge >= 0.3 is 12.1 Å². The molecule has 0 fully saturated rings. The molecule has 0 saturated heterocycles. The molecule has 5 rings (SSSR count). The standard InChI is InChI=1S/C28H24ClN3O4/c1-32-26(29)22(25(31-32)17-9-3-2-4-10-17)15-24(27(33)34)30-28(35)36-16-23-20-13-7-5-11-18(20)19-12-6-8-14-21(19)23/h2-14,23-24H,15-16H2,1H3,(H,30,35)(H,33,34). The number of ether oxygens (including phenoxy) is 1. The van der Waals surface area contributed by atoms with Crippen LogP contribution in [0, 0.1) is 0 Å². The molecule has 1 atom stereocenters. The predicted molar refractivity (Wildman–Crippen MR) is 137 cm³/mol. The molecule has 8 heteroatoms. The Bertz CT molecular complexity index is 1390. The number of fused-ring (bicyclic) bond motifs is 3. The molecule has 1 amide bonds. The number of aryl methyl sites for hydroxylation is 1. The zero-order valence-electron chi connectivity index (χ0n) is 19.5. The molecule has 0 radical (unpaired) electrons. The number of carboxylic acids is 1. The Balaban J connectivity index is 1.31. The number of nitrogens with one attached hydrogen (secondary N) is 1. The van der Waals surface area contributed by atoms with Crippen LogP contribution < -0.4 is 5.32 Å². The van der Waals surface area contributed by atoms with Gasteiger partial charge in [-0.05, 0) is 22.3 Å². The van der Waals surface area contributed by atoms with Crippen molar-refractivity contribution in [3.8, 4) is 22.4 Å². The van der Waals surface area contributed by atoms with Crippen molar-refractivity contribution in [2.24, 2.45) is 7.05 Å². The van der Waals surface area contributed by atoms with Crippen LogP contribution in [0.1, 0.15) is 22.6 Å². The van der Waals surface area contributed by atoms with Crippen LogP contribution in [0.25, 0.3) is 22.4 Å². The molecule has 1 aromatic heterocycles. The number of aromatic nitrogens is 2. The maximum Gasteiger partial charge on any atom is 0.407 e. The monoisotopic (exact) mass is 501 g/mol. The second kappa shape index (κ2) is 9.87. The van der Waals surface area contributed by atoms with Crippen LogP contribution in [0.15, 0.2) is 78.9 Å². The van der Waals surface area contributed by atoms with Gasteiger partial charge in [0.2, 0.25) is 0 Å². The Labute approximate surface area is 213 Å². The third-order valence-corrected chi connectivity index (χ3v) is 6.93. The number of carboxylic acid groups (broad SMARTS) is 1. The molecule has 36 heavy (non-hydrogen) atoms. The van der Waals surface area contributed by atoms with Crippen LogP contribution >= 0.6 is 11.6 Å². The fraction of sp³-hybridized carbons (Fsp3) is 0.179. The number of rotatable bonds is 7. The normalized spacial score (nSPS) is 13.1. The lowest BCUT2D eigenvalue weighted by Gasteiger charge is -2.18. The Kier molecular flexibility index (Phi) is 6.48. The van der Waals surface area contributed by atoms with Gasteiger partial charge in [0.25, 0.3) is 0 Å². The minimum Gasteiger partial charge on any atom is -0.480 e. The molecular weight excluding hydrogens is 478 g/mol. The average molecular weight is 502 g/mol. The molecule has 2 N–H and O–H groups in total. The highest BCUT2D eigenvalue weighted by atomic mass is 35.5. The quantitative estimate of drug-likeness (QED) is 0.359. The molecule has 1 aliphatic rings. The van der Waals surface area contributed by atoms with E-state index in [0.29, 0.717) is 16.4 Å². The summed E-state index contributed by atoms with van der Waals surface area (Å²) in [6.45, 7) is 0.0924. The number of benzene rings is 3. The lowest BCUT2D eigenvalue weighted by Crippen LogP contribution is -2.43. The predicted octanol–water partition coefficient (Wildman–Crippen LogP) is 5.27. The van der Waals surface area contributed by atoms with Gasteiger partial charge in [0.15, 0.2) is 0 Å². The molecule has 0 spiro atoms. The Hall–Kier alpha value is -4.10. The number of carbonyl (C=O) groups is 2. The third-order valence-electron chi connectivity index (χ3n) is 6.46. The van der Waals surface area contributed by atoms with Crippen molar-refractivity contribution in [1.82, 2.24) is 15.1 Å².